The highest BCUT2D eigenvalue weighted by molar-refractivity contribution is 5.71. The highest BCUT2D eigenvalue weighted by atomic mass is 16.5. The molecule has 0 fully saturated rings. The van der Waals surface area contributed by atoms with Crippen molar-refractivity contribution in [3.8, 4) is 17.0 Å². The van der Waals surface area contributed by atoms with Crippen molar-refractivity contribution in [3.05, 3.63) is 83.6 Å². The van der Waals surface area contributed by atoms with E-state index in [1.165, 1.54) is 28.7 Å². The summed E-state index contributed by atoms with van der Waals surface area (Å²) < 4.78 is 5.55. The normalized spacial score (nSPS) is 16.0. The summed E-state index contributed by atoms with van der Waals surface area (Å²) in [6.45, 7) is 1.01. The molecular weight excluding hydrogens is 332 g/mol. The van der Waals surface area contributed by atoms with E-state index >= 15 is 0 Å². The fraction of sp³-hybridized carbons (Fsp3) is 0.292. The molecule has 4 rings (SSSR count). The number of aryl methyl sites for hydroxylation is 1. The summed E-state index contributed by atoms with van der Waals surface area (Å²) >= 11 is 0. The minimum Gasteiger partial charge on any atom is -0.494 e. The zero-order chi connectivity index (χ0) is 18.5. The molecule has 1 aliphatic carbocycles. The van der Waals surface area contributed by atoms with Crippen LogP contribution in [0.25, 0.3) is 11.3 Å². The van der Waals surface area contributed by atoms with Gasteiger partial charge in [0.15, 0.2) is 0 Å². The van der Waals surface area contributed by atoms with Crippen LogP contribution in [-0.2, 0) is 19.3 Å². The Bertz CT molecular complexity index is 892. The molecule has 0 saturated heterocycles. The Kier molecular flexibility index (Phi) is 5.50. The number of rotatable bonds is 6. The van der Waals surface area contributed by atoms with Gasteiger partial charge in [0, 0.05) is 17.8 Å². The lowest BCUT2D eigenvalue weighted by Gasteiger charge is -2.28. The highest BCUT2D eigenvalue weighted by Crippen LogP contribution is 2.35. The van der Waals surface area contributed by atoms with Crippen molar-refractivity contribution >= 4 is 0 Å². The molecule has 1 unspecified atom stereocenters. The van der Waals surface area contributed by atoms with Crippen molar-refractivity contribution in [1.29, 1.82) is 0 Å². The van der Waals surface area contributed by atoms with Gasteiger partial charge in [-0.05, 0) is 61.1 Å². The van der Waals surface area contributed by atoms with Crippen LogP contribution < -0.4 is 10.1 Å². The van der Waals surface area contributed by atoms with Crippen molar-refractivity contribution in [2.45, 2.75) is 31.7 Å². The summed E-state index contributed by atoms with van der Waals surface area (Å²) in [7, 11) is 1.71. The molecule has 3 nitrogen and oxygen atoms in total. The lowest BCUT2D eigenvalue weighted by atomic mass is 9.84. The lowest BCUT2D eigenvalue weighted by molar-refractivity contribution is 0.414. The van der Waals surface area contributed by atoms with Crippen molar-refractivity contribution in [2.75, 3.05) is 13.7 Å². The first kappa shape index (κ1) is 17.7. The monoisotopic (exact) mass is 358 g/mol. The van der Waals surface area contributed by atoms with Crippen LogP contribution in [0.15, 0.2) is 66.9 Å². The number of methoxy groups -OCH3 is 1. The molecule has 138 valence electrons. The molecule has 3 aromatic rings. The minimum absolute atomic E-state index is 0.511. The zero-order valence-electron chi connectivity index (χ0n) is 15.8. The van der Waals surface area contributed by atoms with Gasteiger partial charge in [-0.15, -0.1) is 0 Å². The molecule has 1 N–H and O–H groups in total. The van der Waals surface area contributed by atoms with E-state index in [0.717, 1.165) is 37.3 Å². The summed E-state index contributed by atoms with van der Waals surface area (Å²) in [5, 5.41) is 3.77. The largest absolute Gasteiger partial charge is 0.494 e. The van der Waals surface area contributed by atoms with E-state index in [4.69, 9.17) is 4.74 Å². The fourth-order valence-corrected chi connectivity index (χ4v) is 4.01. The van der Waals surface area contributed by atoms with E-state index in [0.29, 0.717) is 6.04 Å². The first-order valence-electron chi connectivity index (χ1n) is 9.72. The molecule has 27 heavy (non-hydrogen) atoms. The number of pyridine rings is 1. The third kappa shape index (κ3) is 4.04. The van der Waals surface area contributed by atoms with Gasteiger partial charge in [-0.1, -0.05) is 48.5 Å². The Hall–Kier alpha value is -2.65. The Labute approximate surface area is 161 Å². The van der Waals surface area contributed by atoms with Crippen molar-refractivity contribution in [2.24, 2.45) is 0 Å². The van der Waals surface area contributed by atoms with Gasteiger partial charge in [-0.2, -0.15) is 0 Å². The number of ether oxygens (including phenoxy) is 1. The zero-order valence-corrected chi connectivity index (χ0v) is 15.8. The Morgan fingerprint density at radius 2 is 1.93 bits per heavy atom. The SMILES string of the molecule is COc1cccnc1-c1cccc2c1CC(NCCc1ccccc1)CC2. The maximum Gasteiger partial charge on any atom is 0.145 e. The number of fused-ring (bicyclic) bond motifs is 1. The van der Waals surface area contributed by atoms with Crippen LogP contribution in [0.3, 0.4) is 0 Å². The Morgan fingerprint density at radius 1 is 1.04 bits per heavy atom. The van der Waals surface area contributed by atoms with Crippen molar-refractivity contribution in [1.82, 2.24) is 10.3 Å². The van der Waals surface area contributed by atoms with Gasteiger partial charge in [-0.3, -0.25) is 4.98 Å². The maximum absolute atomic E-state index is 5.55. The second-order valence-electron chi connectivity index (χ2n) is 7.13. The molecule has 0 spiro atoms. The van der Waals surface area contributed by atoms with E-state index in [-0.39, 0.29) is 0 Å². The second kappa shape index (κ2) is 8.36. The molecule has 0 saturated carbocycles. The van der Waals surface area contributed by atoms with Crippen molar-refractivity contribution < 1.29 is 4.74 Å². The number of nitrogens with zero attached hydrogens (tertiary/aromatic N) is 1. The van der Waals surface area contributed by atoms with Gasteiger partial charge in [0.1, 0.15) is 11.4 Å². The van der Waals surface area contributed by atoms with Crippen LogP contribution in [0, 0.1) is 0 Å². The summed E-state index contributed by atoms with van der Waals surface area (Å²) in [6.07, 6.45) is 6.25. The van der Waals surface area contributed by atoms with Crippen LogP contribution >= 0.6 is 0 Å². The summed E-state index contributed by atoms with van der Waals surface area (Å²) in [6, 6.07) is 21.7. The van der Waals surface area contributed by atoms with Crippen LogP contribution in [0.1, 0.15) is 23.1 Å². The highest BCUT2D eigenvalue weighted by Gasteiger charge is 2.22. The maximum atomic E-state index is 5.55. The number of benzene rings is 2. The van der Waals surface area contributed by atoms with Crippen LogP contribution in [-0.4, -0.2) is 24.7 Å². The van der Waals surface area contributed by atoms with Gasteiger partial charge in [0.2, 0.25) is 0 Å². The third-order valence-electron chi connectivity index (χ3n) is 5.42. The second-order valence-corrected chi connectivity index (χ2v) is 7.13. The molecule has 2 aromatic carbocycles. The summed E-state index contributed by atoms with van der Waals surface area (Å²) in [4.78, 5) is 4.61. The molecule has 0 bridgehead atoms. The van der Waals surface area contributed by atoms with Crippen LogP contribution in [0.2, 0.25) is 0 Å². The molecule has 1 aliphatic rings. The lowest BCUT2D eigenvalue weighted by Crippen LogP contribution is -2.36. The first-order valence-corrected chi connectivity index (χ1v) is 9.72. The van der Waals surface area contributed by atoms with E-state index in [9.17, 15) is 0 Å². The Morgan fingerprint density at radius 3 is 2.78 bits per heavy atom. The topological polar surface area (TPSA) is 34.1 Å². The van der Waals surface area contributed by atoms with E-state index in [2.05, 4.69) is 58.8 Å². The standard InChI is InChI=1S/C24H26N2O/c1-27-23-11-6-15-26-24(23)21-10-5-9-19-12-13-20(17-22(19)21)25-16-14-18-7-3-2-4-8-18/h2-11,15,20,25H,12-14,16-17H2,1H3. The predicted molar refractivity (Wildman–Crippen MR) is 110 cm³/mol. The molecular formula is C24H26N2O. The Balaban J connectivity index is 1.50. The molecule has 0 aliphatic heterocycles. The average molecular weight is 358 g/mol. The molecule has 1 aromatic heterocycles. The van der Waals surface area contributed by atoms with Crippen LogP contribution in [0.5, 0.6) is 5.75 Å². The van der Waals surface area contributed by atoms with Gasteiger partial charge in [-0.25, -0.2) is 0 Å². The third-order valence-corrected chi connectivity index (χ3v) is 5.42. The predicted octanol–water partition coefficient (Wildman–Crippen LogP) is 4.45. The molecule has 3 heteroatoms. The summed E-state index contributed by atoms with van der Waals surface area (Å²) in [5.41, 5.74) is 6.40. The van der Waals surface area contributed by atoms with E-state index in [1.54, 1.807) is 7.11 Å². The number of aromatic nitrogens is 1. The van der Waals surface area contributed by atoms with Crippen molar-refractivity contribution in [3.63, 3.8) is 0 Å². The number of hydrogen-bond acceptors (Lipinski definition) is 3. The van der Waals surface area contributed by atoms with Gasteiger partial charge >= 0.3 is 0 Å². The van der Waals surface area contributed by atoms with E-state index < -0.39 is 0 Å². The molecule has 0 amide bonds. The number of hydrogen-bond donors (Lipinski definition) is 1. The van der Waals surface area contributed by atoms with Gasteiger partial charge < -0.3 is 10.1 Å². The van der Waals surface area contributed by atoms with Gasteiger partial charge in [0.25, 0.3) is 0 Å². The average Bonchev–Trinajstić information content (AvgIpc) is 2.74. The molecule has 0 radical (unpaired) electrons. The first-order chi connectivity index (χ1) is 13.3. The molecule has 1 heterocycles. The minimum atomic E-state index is 0.511. The quantitative estimate of drug-likeness (QED) is 0.707. The fourth-order valence-electron chi connectivity index (χ4n) is 4.01. The van der Waals surface area contributed by atoms with Gasteiger partial charge in [0.05, 0.1) is 7.11 Å². The smallest absolute Gasteiger partial charge is 0.145 e. The van der Waals surface area contributed by atoms with Crippen LogP contribution in [0.4, 0.5) is 0 Å². The molecule has 1 atom stereocenters. The summed E-state index contributed by atoms with van der Waals surface area (Å²) in [5.74, 6) is 0.838. The van der Waals surface area contributed by atoms with E-state index in [1.807, 2.05) is 18.3 Å². The number of nitrogens with one attached hydrogen (secondary N) is 1.